The summed E-state index contributed by atoms with van der Waals surface area (Å²) in [6.45, 7) is 7.12. The predicted octanol–water partition coefficient (Wildman–Crippen LogP) is 4.66. The summed E-state index contributed by atoms with van der Waals surface area (Å²) >= 11 is 0. The lowest BCUT2D eigenvalue weighted by atomic mass is 9.88. The Hall–Kier alpha value is -0.633. The van der Waals surface area contributed by atoms with Crippen molar-refractivity contribution in [3.05, 3.63) is 22.9 Å². The zero-order chi connectivity index (χ0) is 13.2. The van der Waals surface area contributed by atoms with E-state index in [4.69, 9.17) is 0 Å². The molecule has 0 fully saturated rings. The molecule has 1 atom stereocenters. The predicted molar refractivity (Wildman–Crippen MR) is 80.3 cm³/mol. The molecular weight excluding hydrogens is 236 g/mol. The quantitative estimate of drug-likeness (QED) is 0.532. The number of carbonyl (C=O) groups excluding carboxylic acids is 1. The molecule has 0 saturated carbocycles. The highest BCUT2D eigenvalue weighted by Crippen LogP contribution is 2.34. The van der Waals surface area contributed by atoms with Crippen LogP contribution in [-0.2, 0) is 4.79 Å². The van der Waals surface area contributed by atoms with Crippen molar-refractivity contribution in [2.24, 2.45) is 5.92 Å². The summed E-state index contributed by atoms with van der Waals surface area (Å²) < 4.78 is 0. The van der Waals surface area contributed by atoms with Crippen LogP contribution in [0.3, 0.4) is 0 Å². The Kier molecular flexibility index (Phi) is 4.26. The second kappa shape index (κ2) is 5.56. The van der Waals surface area contributed by atoms with E-state index in [0.717, 1.165) is 19.3 Å². The van der Waals surface area contributed by atoms with E-state index in [9.17, 15) is 4.79 Å². The first kappa shape index (κ1) is 13.8. The van der Waals surface area contributed by atoms with Crippen LogP contribution < -0.4 is 0 Å². The molecule has 0 N–H and O–H groups in total. The molecule has 18 heavy (non-hydrogen) atoms. The minimum atomic E-state index is -1.32. The smallest absolute Gasteiger partial charge is 0.143 e. The molecule has 0 spiro atoms. The van der Waals surface area contributed by atoms with Gasteiger partial charge in [-0.25, -0.2) is 0 Å². The molecule has 1 unspecified atom stereocenters. The topological polar surface area (TPSA) is 17.1 Å². The van der Waals surface area contributed by atoms with E-state index in [1.54, 1.807) is 0 Å². The summed E-state index contributed by atoms with van der Waals surface area (Å²) in [6, 6.07) is 0. The van der Waals surface area contributed by atoms with Gasteiger partial charge in [-0.1, -0.05) is 42.6 Å². The summed E-state index contributed by atoms with van der Waals surface area (Å²) in [5.74, 6) is 0.753. The van der Waals surface area contributed by atoms with Gasteiger partial charge in [-0.2, -0.15) is 0 Å². The van der Waals surface area contributed by atoms with Gasteiger partial charge in [0.05, 0.1) is 8.07 Å². The summed E-state index contributed by atoms with van der Waals surface area (Å²) in [5, 5.41) is 1.53. The Bertz CT molecular complexity index is 384. The Morgan fingerprint density at radius 2 is 1.94 bits per heavy atom. The molecule has 0 amide bonds. The third-order valence-corrected chi connectivity index (χ3v) is 6.51. The van der Waals surface area contributed by atoms with Crippen LogP contribution in [0.1, 0.15) is 44.9 Å². The zero-order valence-electron chi connectivity index (χ0n) is 12.1. The monoisotopic (exact) mass is 262 g/mol. The second-order valence-electron chi connectivity index (χ2n) is 6.79. The molecule has 2 heteroatoms. The van der Waals surface area contributed by atoms with Gasteiger partial charge in [-0.3, -0.25) is 4.79 Å². The minimum absolute atomic E-state index is 0.256. The lowest BCUT2D eigenvalue weighted by molar-refractivity contribution is -0.121. The van der Waals surface area contributed by atoms with E-state index in [2.05, 4.69) is 31.8 Å². The van der Waals surface area contributed by atoms with Gasteiger partial charge in [0.1, 0.15) is 5.78 Å². The van der Waals surface area contributed by atoms with Crippen LogP contribution in [0.25, 0.3) is 0 Å². The van der Waals surface area contributed by atoms with Gasteiger partial charge in [-0.05, 0) is 38.5 Å². The van der Waals surface area contributed by atoms with Gasteiger partial charge in [0.15, 0.2) is 0 Å². The van der Waals surface area contributed by atoms with E-state index in [1.807, 2.05) is 0 Å². The van der Waals surface area contributed by atoms with E-state index < -0.39 is 8.07 Å². The minimum Gasteiger partial charge on any atom is -0.299 e. The van der Waals surface area contributed by atoms with E-state index in [-0.39, 0.29) is 5.92 Å². The number of hydrogen-bond acceptors (Lipinski definition) is 1. The maximum Gasteiger partial charge on any atom is 0.143 e. The van der Waals surface area contributed by atoms with E-state index >= 15 is 0 Å². The van der Waals surface area contributed by atoms with Crippen LogP contribution in [0.15, 0.2) is 22.9 Å². The maximum absolute atomic E-state index is 12.6. The van der Waals surface area contributed by atoms with Gasteiger partial charge < -0.3 is 0 Å². The molecule has 0 aromatic rings. The molecule has 0 aromatic carbocycles. The normalized spacial score (nSPS) is 24.7. The van der Waals surface area contributed by atoms with Gasteiger partial charge >= 0.3 is 0 Å². The van der Waals surface area contributed by atoms with Crippen LogP contribution >= 0.6 is 0 Å². The van der Waals surface area contributed by atoms with Gasteiger partial charge in [-0.15, -0.1) is 0 Å². The lowest BCUT2D eigenvalue weighted by Crippen LogP contribution is -2.34. The Morgan fingerprint density at radius 1 is 1.22 bits per heavy atom. The molecule has 0 radical (unpaired) electrons. The molecule has 2 aliphatic rings. The molecule has 0 aliphatic heterocycles. The summed E-state index contributed by atoms with van der Waals surface area (Å²) in [5.41, 5.74) is 1.40. The third kappa shape index (κ3) is 3.22. The molecular formula is C16H26OSi. The number of rotatable bonds is 4. The van der Waals surface area contributed by atoms with Crippen molar-refractivity contribution in [2.45, 2.75) is 64.6 Å². The highest BCUT2D eigenvalue weighted by atomic mass is 28.3. The van der Waals surface area contributed by atoms with Crippen molar-refractivity contribution in [3.63, 3.8) is 0 Å². The van der Waals surface area contributed by atoms with Crippen molar-refractivity contribution in [2.75, 3.05) is 0 Å². The van der Waals surface area contributed by atoms with Crippen molar-refractivity contribution >= 4 is 13.9 Å². The van der Waals surface area contributed by atoms with Crippen molar-refractivity contribution in [1.82, 2.24) is 0 Å². The molecule has 2 rings (SSSR count). The number of Topliss-reactive ketones (excluding diaryl/α,β-unsaturated/α-hetero) is 1. The van der Waals surface area contributed by atoms with Crippen LogP contribution in [0.4, 0.5) is 0 Å². The molecule has 2 aliphatic carbocycles. The first-order valence-electron chi connectivity index (χ1n) is 7.39. The second-order valence-corrected chi connectivity index (χ2v) is 11.9. The zero-order valence-corrected chi connectivity index (χ0v) is 13.1. The summed E-state index contributed by atoms with van der Waals surface area (Å²) in [4.78, 5) is 12.6. The number of allylic oxidation sites excluding steroid dienone is 4. The summed E-state index contributed by atoms with van der Waals surface area (Å²) in [6.07, 6.45) is 12.5. The van der Waals surface area contributed by atoms with E-state index in [0.29, 0.717) is 5.78 Å². The van der Waals surface area contributed by atoms with Crippen LogP contribution in [0.2, 0.25) is 19.6 Å². The fourth-order valence-corrected chi connectivity index (χ4v) is 5.39. The fourth-order valence-electron chi connectivity index (χ4n) is 3.29. The van der Waals surface area contributed by atoms with Gasteiger partial charge in [0, 0.05) is 12.3 Å². The van der Waals surface area contributed by atoms with Crippen molar-refractivity contribution in [3.8, 4) is 0 Å². The molecule has 1 nitrogen and oxygen atoms in total. The highest BCUT2D eigenvalue weighted by molar-refractivity contribution is 6.83. The van der Waals surface area contributed by atoms with Crippen molar-refractivity contribution < 1.29 is 4.79 Å². The van der Waals surface area contributed by atoms with Gasteiger partial charge in [0.25, 0.3) is 0 Å². The molecule has 0 saturated heterocycles. The average Bonchev–Trinajstić information content (AvgIpc) is 2.80. The van der Waals surface area contributed by atoms with E-state index in [1.165, 1.54) is 36.5 Å². The molecule has 0 heterocycles. The molecule has 100 valence electrons. The van der Waals surface area contributed by atoms with Crippen molar-refractivity contribution in [1.29, 1.82) is 0 Å². The number of hydrogen-bond donors (Lipinski definition) is 0. The largest absolute Gasteiger partial charge is 0.299 e. The Balaban J connectivity index is 2.08. The lowest BCUT2D eigenvalue weighted by Gasteiger charge is -2.31. The SMILES string of the molecule is C[Si](C)(C)C1=CCCCC1C(=O)CC1=CCCC1. The first-order chi connectivity index (χ1) is 8.48. The Labute approximate surface area is 112 Å². The molecule has 0 aromatic heterocycles. The standard InChI is InChI=1S/C16H26OSi/c1-18(2,3)16-11-7-6-10-14(16)15(17)12-13-8-4-5-9-13/h8,11,14H,4-7,9-10,12H2,1-3H3. The van der Waals surface area contributed by atoms with Gasteiger partial charge in [0.2, 0.25) is 0 Å². The number of ketones is 1. The number of carbonyl (C=O) groups is 1. The Morgan fingerprint density at radius 3 is 2.56 bits per heavy atom. The van der Waals surface area contributed by atoms with Crippen LogP contribution in [-0.4, -0.2) is 13.9 Å². The molecule has 0 bridgehead atoms. The third-order valence-electron chi connectivity index (χ3n) is 4.23. The van der Waals surface area contributed by atoms with Crippen LogP contribution in [0, 0.1) is 5.92 Å². The first-order valence-corrected chi connectivity index (χ1v) is 10.9. The fraction of sp³-hybridized carbons (Fsp3) is 0.688. The highest BCUT2D eigenvalue weighted by Gasteiger charge is 2.32. The van der Waals surface area contributed by atoms with Crippen LogP contribution in [0.5, 0.6) is 0 Å². The maximum atomic E-state index is 12.6. The summed E-state index contributed by atoms with van der Waals surface area (Å²) in [7, 11) is -1.32. The average molecular weight is 262 g/mol.